The SMILES string of the molecule is C[N+](C)(C)c1ccc([N+](=O)[O-])cc1[N+](=O)[O-]. The fraction of sp³-hybridized carbons (Fsp3) is 0.333. The summed E-state index contributed by atoms with van der Waals surface area (Å²) in [4.78, 5) is 20.1. The van der Waals surface area contributed by atoms with Gasteiger partial charge >= 0.3 is 5.69 Å². The number of hydrogen-bond acceptors (Lipinski definition) is 4. The minimum absolute atomic E-state index is 0.230. The molecule has 86 valence electrons. The molecule has 16 heavy (non-hydrogen) atoms. The van der Waals surface area contributed by atoms with Crippen molar-refractivity contribution < 1.29 is 9.85 Å². The van der Waals surface area contributed by atoms with Crippen LogP contribution in [0.25, 0.3) is 0 Å². The summed E-state index contributed by atoms with van der Waals surface area (Å²) < 4.78 is 0.230. The van der Waals surface area contributed by atoms with E-state index in [0.29, 0.717) is 5.69 Å². The van der Waals surface area contributed by atoms with E-state index in [1.807, 2.05) is 0 Å². The summed E-state index contributed by atoms with van der Waals surface area (Å²) in [6.07, 6.45) is 0. The quantitative estimate of drug-likeness (QED) is 0.446. The van der Waals surface area contributed by atoms with Crippen LogP contribution in [0.1, 0.15) is 0 Å². The van der Waals surface area contributed by atoms with Gasteiger partial charge in [0.05, 0.1) is 31.0 Å². The summed E-state index contributed by atoms with van der Waals surface area (Å²) in [6.45, 7) is 0. The van der Waals surface area contributed by atoms with E-state index in [1.165, 1.54) is 12.1 Å². The number of benzene rings is 1. The van der Waals surface area contributed by atoms with Crippen molar-refractivity contribution >= 4 is 17.1 Å². The van der Waals surface area contributed by atoms with Crippen LogP contribution in [0.2, 0.25) is 0 Å². The molecular weight excluding hydrogens is 214 g/mol. The topological polar surface area (TPSA) is 86.3 Å². The number of rotatable bonds is 3. The third-order valence-electron chi connectivity index (χ3n) is 2.09. The molecule has 0 heterocycles. The normalized spacial score (nSPS) is 11.2. The smallest absolute Gasteiger partial charge is 0.292 e. The molecule has 0 atom stereocenters. The first-order valence-electron chi connectivity index (χ1n) is 4.48. The Bertz CT molecular complexity index is 451. The molecule has 0 bridgehead atoms. The van der Waals surface area contributed by atoms with Gasteiger partial charge in [0, 0.05) is 12.1 Å². The minimum Gasteiger partial charge on any atom is -0.292 e. The molecule has 0 unspecified atom stereocenters. The van der Waals surface area contributed by atoms with Crippen molar-refractivity contribution in [1.82, 2.24) is 4.48 Å². The van der Waals surface area contributed by atoms with Gasteiger partial charge in [-0.15, -0.1) is 0 Å². The van der Waals surface area contributed by atoms with Gasteiger partial charge in [0.15, 0.2) is 0 Å². The van der Waals surface area contributed by atoms with Crippen molar-refractivity contribution in [3.05, 3.63) is 38.4 Å². The van der Waals surface area contributed by atoms with E-state index in [2.05, 4.69) is 0 Å². The van der Waals surface area contributed by atoms with Crippen LogP contribution in [0.15, 0.2) is 18.2 Å². The van der Waals surface area contributed by atoms with E-state index in [1.54, 1.807) is 21.1 Å². The number of quaternary nitrogens is 1. The van der Waals surface area contributed by atoms with Crippen molar-refractivity contribution in [3.63, 3.8) is 0 Å². The Labute approximate surface area is 91.8 Å². The summed E-state index contributed by atoms with van der Waals surface area (Å²) in [5, 5.41) is 21.3. The van der Waals surface area contributed by atoms with Gasteiger partial charge < -0.3 is 0 Å². The number of nitro groups is 2. The predicted octanol–water partition coefficient (Wildman–Crippen LogP) is 1.70. The monoisotopic (exact) mass is 226 g/mol. The first-order valence-corrected chi connectivity index (χ1v) is 4.48. The fourth-order valence-electron chi connectivity index (χ4n) is 1.34. The van der Waals surface area contributed by atoms with E-state index in [4.69, 9.17) is 0 Å². The molecule has 7 nitrogen and oxygen atoms in total. The Morgan fingerprint density at radius 2 is 1.62 bits per heavy atom. The summed E-state index contributed by atoms with van der Waals surface area (Å²) in [6, 6.07) is 3.67. The Hall–Kier alpha value is -2.02. The summed E-state index contributed by atoms with van der Waals surface area (Å²) in [7, 11) is 5.27. The number of nitro benzene ring substituents is 2. The summed E-state index contributed by atoms with van der Waals surface area (Å²) in [5.41, 5.74) is -0.0822. The first-order chi connectivity index (χ1) is 7.23. The lowest BCUT2D eigenvalue weighted by molar-refractivity contribution is -0.394. The van der Waals surface area contributed by atoms with Gasteiger partial charge in [0.1, 0.15) is 6.07 Å². The van der Waals surface area contributed by atoms with Gasteiger partial charge in [0.25, 0.3) is 5.69 Å². The van der Waals surface area contributed by atoms with Gasteiger partial charge in [-0.05, 0) is 0 Å². The second-order valence-corrected chi connectivity index (χ2v) is 4.20. The standard InChI is InChI=1S/C9H12N3O4/c1-12(2,3)9-5-4-7(10(13)14)6-8(9)11(15)16/h4-6H,1-3H3/q+1. The molecule has 0 amide bonds. The Morgan fingerprint density at radius 3 is 2.00 bits per heavy atom. The molecule has 1 aromatic carbocycles. The third-order valence-corrected chi connectivity index (χ3v) is 2.09. The maximum absolute atomic E-state index is 10.8. The molecule has 0 aliphatic heterocycles. The highest BCUT2D eigenvalue weighted by Gasteiger charge is 2.28. The number of hydrogen-bond donors (Lipinski definition) is 0. The van der Waals surface area contributed by atoms with Crippen LogP contribution in [-0.4, -0.2) is 31.0 Å². The minimum atomic E-state index is -0.646. The second kappa shape index (κ2) is 3.86. The molecule has 1 aromatic rings. The average Bonchev–Trinajstić information content (AvgIpc) is 2.15. The van der Waals surface area contributed by atoms with Crippen LogP contribution in [0.3, 0.4) is 0 Å². The third kappa shape index (κ3) is 2.31. The van der Waals surface area contributed by atoms with Crippen molar-refractivity contribution in [1.29, 1.82) is 0 Å². The van der Waals surface area contributed by atoms with Crippen molar-refractivity contribution in [2.24, 2.45) is 0 Å². The van der Waals surface area contributed by atoms with Crippen LogP contribution < -0.4 is 4.48 Å². The van der Waals surface area contributed by atoms with Gasteiger partial charge in [-0.3, -0.25) is 24.7 Å². The van der Waals surface area contributed by atoms with Gasteiger partial charge in [-0.2, -0.15) is 0 Å². The molecule has 0 aliphatic carbocycles. The second-order valence-electron chi connectivity index (χ2n) is 4.20. The highest BCUT2D eigenvalue weighted by Crippen LogP contribution is 2.33. The lowest BCUT2D eigenvalue weighted by Gasteiger charge is -2.22. The molecule has 0 N–H and O–H groups in total. The summed E-state index contributed by atoms with van der Waals surface area (Å²) in [5.74, 6) is 0. The Morgan fingerprint density at radius 1 is 1.06 bits per heavy atom. The predicted molar refractivity (Wildman–Crippen MR) is 59.3 cm³/mol. The molecular formula is C9H12N3O4+. The Balaban J connectivity index is 3.43. The molecule has 0 aromatic heterocycles. The fourth-order valence-corrected chi connectivity index (χ4v) is 1.34. The lowest BCUT2D eigenvalue weighted by Crippen LogP contribution is -2.35. The zero-order valence-corrected chi connectivity index (χ0v) is 9.21. The highest BCUT2D eigenvalue weighted by molar-refractivity contribution is 5.63. The molecule has 0 saturated heterocycles. The summed E-state index contributed by atoms with van der Waals surface area (Å²) >= 11 is 0. The van der Waals surface area contributed by atoms with Gasteiger partial charge in [-0.25, -0.2) is 0 Å². The molecule has 0 saturated carbocycles. The van der Waals surface area contributed by atoms with E-state index in [9.17, 15) is 20.2 Å². The largest absolute Gasteiger partial charge is 0.336 e. The van der Waals surface area contributed by atoms with E-state index in [0.717, 1.165) is 6.07 Å². The van der Waals surface area contributed by atoms with Crippen LogP contribution in [-0.2, 0) is 0 Å². The van der Waals surface area contributed by atoms with E-state index >= 15 is 0 Å². The molecule has 0 radical (unpaired) electrons. The van der Waals surface area contributed by atoms with Crippen molar-refractivity contribution in [2.75, 3.05) is 21.1 Å². The van der Waals surface area contributed by atoms with Crippen LogP contribution in [0.4, 0.5) is 17.1 Å². The molecule has 0 spiro atoms. The van der Waals surface area contributed by atoms with Crippen LogP contribution in [0, 0.1) is 20.2 Å². The zero-order valence-electron chi connectivity index (χ0n) is 9.21. The van der Waals surface area contributed by atoms with Crippen LogP contribution in [0.5, 0.6) is 0 Å². The molecule has 0 aliphatic rings. The molecule has 0 fully saturated rings. The Kier molecular flexibility index (Phi) is 2.90. The van der Waals surface area contributed by atoms with E-state index in [-0.39, 0.29) is 15.9 Å². The maximum atomic E-state index is 10.8. The highest BCUT2D eigenvalue weighted by atomic mass is 16.6. The van der Waals surface area contributed by atoms with Gasteiger partial charge in [-0.1, -0.05) is 0 Å². The van der Waals surface area contributed by atoms with Crippen molar-refractivity contribution in [3.8, 4) is 0 Å². The zero-order chi connectivity index (χ0) is 12.5. The number of nitrogens with zero attached hydrogens (tertiary/aromatic N) is 3. The van der Waals surface area contributed by atoms with Gasteiger partial charge in [0.2, 0.25) is 5.69 Å². The van der Waals surface area contributed by atoms with E-state index < -0.39 is 9.85 Å². The van der Waals surface area contributed by atoms with Crippen LogP contribution >= 0.6 is 0 Å². The molecule has 7 heteroatoms. The number of non-ortho nitro benzene ring substituents is 1. The lowest BCUT2D eigenvalue weighted by atomic mass is 10.2. The maximum Gasteiger partial charge on any atom is 0.336 e. The molecule has 1 rings (SSSR count). The average molecular weight is 226 g/mol. The first kappa shape index (κ1) is 12.1. The van der Waals surface area contributed by atoms with Crippen molar-refractivity contribution in [2.45, 2.75) is 0 Å².